The summed E-state index contributed by atoms with van der Waals surface area (Å²) in [6.07, 6.45) is 4.93. The standard InChI is InChI=1S/C20H26ClN3O3.HI/c1-25-19-7-6-15(12-18(19)21)13-23-20(24-14-17-5-3-11-27-17)22-9-8-16-4-2-10-26-16;/h2,4,6-7,10,12,17H,3,5,8-9,11,13-14H2,1H3,(H2,22,23,24);1H. The molecule has 0 saturated carbocycles. The van der Waals surface area contributed by atoms with Crippen molar-refractivity contribution in [1.29, 1.82) is 0 Å². The molecule has 6 nitrogen and oxygen atoms in total. The Morgan fingerprint density at radius 3 is 2.89 bits per heavy atom. The fourth-order valence-corrected chi connectivity index (χ4v) is 3.21. The molecule has 1 saturated heterocycles. The third kappa shape index (κ3) is 7.18. The lowest BCUT2D eigenvalue weighted by Crippen LogP contribution is -2.41. The third-order valence-corrected chi connectivity index (χ3v) is 4.70. The van der Waals surface area contributed by atoms with Gasteiger partial charge in [-0.25, -0.2) is 4.99 Å². The highest BCUT2D eigenvalue weighted by atomic mass is 127. The van der Waals surface area contributed by atoms with Crippen molar-refractivity contribution in [3.63, 3.8) is 0 Å². The summed E-state index contributed by atoms with van der Waals surface area (Å²) in [5, 5.41) is 7.32. The summed E-state index contributed by atoms with van der Waals surface area (Å²) in [5.74, 6) is 2.37. The Labute approximate surface area is 188 Å². The average Bonchev–Trinajstić information content (AvgIpc) is 3.37. The highest BCUT2D eigenvalue weighted by Crippen LogP contribution is 2.25. The van der Waals surface area contributed by atoms with Crippen molar-refractivity contribution in [2.45, 2.75) is 31.9 Å². The second-order valence-corrected chi connectivity index (χ2v) is 6.81. The number of guanidine groups is 1. The molecule has 2 N–H and O–H groups in total. The molecule has 0 amide bonds. The number of nitrogens with zero attached hydrogens (tertiary/aromatic N) is 1. The molecule has 2 heterocycles. The van der Waals surface area contributed by atoms with Crippen LogP contribution in [0.2, 0.25) is 5.02 Å². The number of hydrogen-bond donors (Lipinski definition) is 2. The van der Waals surface area contributed by atoms with Crippen LogP contribution in [0, 0.1) is 0 Å². The van der Waals surface area contributed by atoms with E-state index in [1.54, 1.807) is 13.4 Å². The van der Waals surface area contributed by atoms with E-state index in [2.05, 4.69) is 15.6 Å². The molecular weight excluding hydrogens is 493 g/mol. The van der Waals surface area contributed by atoms with E-state index >= 15 is 0 Å². The van der Waals surface area contributed by atoms with Crippen LogP contribution in [0.25, 0.3) is 0 Å². The Morgan fingerprint density at radius 1 is 1.32 bits per heavy atom. The Kier molecular flexibility index (Phi) is 9.94. The van der Waals surface area contributed by atoms with Crippen molar-refractivity contribution in [2.24, 2.45) is 4.99 Å². The molecule has 28 heavy (non-hydrogen) atoms. The molecule has 1 atom stereocenters. The van der Waals surface area contributed by atoms with Gasteiger partial charge in [-0.3, -0.25) is 0 Å². The molecule has 8 heteroatoms. The van der Waals surface area contributed by atoms with Crippen LogP contribution in [-0.4, -0.2) is 38.9 Å². The number of ether oxygens (including phenoxy) is 2. The first-order valence-corrected chi connectivity index (χ1v) is 9.61. The Hall–Kier alpha value is -1.45. The van der Waals surface area contributed by atoms with Gasteiger partial charge in [-0.1, -0.05) is 17.7 Å². The van der Waals surface area contributed by atoms with Gasteiger partial charge in [-0.15, -0.1) is 24.0 Å². The Morgan fingerprint density at radius 2 is 2.21 bits per heavy atom. The van der Waals surface area contributed by atoms with Crippen LogP contribution in [-0.2, 0) is 17.7 Å². The molecule has 1 aliphatic rings. The quantitative estimate of drug-likeness (QED) is 0.313. The molecule has 3 rings (SSSR count). The molecule has 1 unspecified atom stereocenters. The van der Waals surface area contributed by atoms with E-state index in [0.29, 0.717) is 17.3 Å². The lowest BCUT2D eigenvalue weighted by atomic mass is 10.2. The summed E-state index contributed by atoms with van der Waals surface area (Å²) >= 11 is 6.20. The van der Waals surface area contributed by atoms with E-state index in [-0.39, 0.29) is 30.1 Å². The predicted molar refractivity (Wildman–Crippen MR) is 122 cm³/mol. The maximum Gasteiger partial charge on any atom is 0.191 e. The summed E-state index contributed by atoms with van der Waals surface area (Å²) in [6, 6.07) is 9.57. The first-order chi connectivity index (χ1) is 13.2. The van der Waals surface area contributed by atoms with Crippen LogP contribution in [0.1, 0.15) is 24.2 Å². The zero-order valence-electron chi connectivity index (χ0n) is 15.9. The maximum absolute atomic E-state index is 6.20. The minimum absolute atomic E-state index is 0. The first kappa shape index (κ1) is 22.8. The average molecular weight is 520 g/mol. The highest BCUT2D eigenvalue weighted by Gasteiger charge is 2.15. The van der Waals surface area contributed by atoms with Gasteiger partial charge in [0.1, 0.15) is 11.5 Å². The molecule has 1 aromatic heterocycles. The van der Waals surface area contributed by atoms with E-state index in [1.165, 1.54) is 0 Å². The molecular formula is C20H27ClIN3O3. The molecule has 0 aliphatic carbocycles. The van der Waals surface area contributed by atoms with Gasteiger partial charge in [0.05, 0.1) is 31.0 Å². The third-order valence-electron chi connectivity index (χ3n) is 4.40. The zero-order chi connectivity index (χ0) is 18.9. The number of aliphatic imine (C=N–C) groups is 1. The van der Waals surface area contributed by atoms with Crippen molar-refractivity contribution in [2.75, 3.05) is 26.8 Å². The van der Waals surface area contributed by atoms with Crippen molar-refractivity contribution in [1.82, 2.24) is 10.6 Å². The SMILES string of the molecule is COc1ccc(CN=C(NCCc2ccco2)NCC2CCCO2)cc1Cl.I. The van der Waals surface area contributed by atoms with Gasteiger partial charge < -0.3 is 24.5 Å². The van der Waals surface area contributed by atoms with Gasteiger partial charge in [0.15, 0.2) is 5.96 Å². The number of nitrogens with one attached hydrogen (secondary N) is 2. The first-order valence-electron chi connectivity index (χ1n) is 9.23. The molecule has 0 spiro atoms. The number of benzene rings is 1. The Balaban J connectivity index is 0.00000280. The summed E-state index contributed by atoms with van der Waals surface area (Å²) < 4.78 is 16.2. The fraction of sp³-hybridized carbons (Fsp3) is 0.450. The van der Waals surface area contributed by atoms with Crippen molar-refractivity contribution >= 4 is 41.5 Å². The summed E-state index contributed by atoms with van der Waals surface area (Å²) in [6.45, 7) is 2.84. The second kappa shape index (κ2) is 12.2. The highest BCUT2D eigenvalue weighted by molar-refractivity contribution is 14.0. The molecule has 154 valence electrons. The molecule has 1 aliphatic heterocycles. The minimum Gasteiger partial charge on any atom is -0.495 e. The molecule has 0 bridgehead atoms. The van der Waals surface area contributed by atoms with Crippen LogP contribution >= 0.6 is 35.6 Å². The number of furan rings is 1. The topological polar surface area (TPSA) is 68.0 Å². The van der Waals surface area contributed by atoms with E-state index in [0.717, 1.165) is 56.2 Å². The number of rotatable bonds is 8. The van der Waals surface area contributed by atoms with E-state index in [1.807, 2.05) is 30.3 Å². The van der Waals surface area contributed by atoms with Gasteiger partial charge in [-0.05, 0) is 42.7 Å². The van der Waals surface area contributed by atoms with Crippen molar-refractivity contribution < 1.29 is 13.9 Å². The summed E-state index contributed by atoms with van der Waals surface area (Å²) in [5.41, 5.74) is 1.02. The molecule has 1 fully saturated rings. The van der Waals surface area contributed by atoms with Crippen LogP contribution in [0.3, 0.4) is 0 Å². The number of hydrogen-bond acceptors (Lipinski definition) is 4. The van der Waals surface area contributed by atoms with Gasteiger partial charge in [0.25, 0.3) is 0 Å². The van der Waals surface area contributed by atoms with Crippen molar-refractivity contribution in [3.05, 3.63) is 52.9 Å². The second-order valence-electron chi connectivity index (χ2n) is 6.41. The van der Waals surface area contributed by atoms with Gasteiger partial charge in [0.2, 0.25) is 0 Å². The van der Waals surface area contributed by atoms with Gasteiger partial charge in [0, 0.05) is 26.1 Å². The van der Waals surface area contributed by atoms with Gasteiger partial charge in [-0.2, -0.15) is 0 Å². The summed E-state index contributed by atoms with van der Waals surface area (Å²) in [7, 11) is 1.61. The predicted octanol–water partition coefficient (Wildman–Crippen LogP) is 4.02. The van der Waals surface area contributed by atoms with Crippen molar-refractivity contribution in [3.8, 4) is 5.75 Å². The van der Waals surface area contributed by atoms with E-state index in [4.69, 9.17) is 25.5 Å². The monoisotopic (exact) mass is 519 g/mol. The number of halogens is 2. The molecule has 1 aromatic carbocycles. The smallest absolute Gasteiger partial charge is 0.191 e. The molecule has 2 aromatic rings. The number of methoxy groups -OCH3 is 1. The zero-order valence-corrected chi connectivity index (χ0v) is 19.0. The van der Waals surface area contributed by atoms with Crippen LogP contribution in [0.4, 0.5) is 0 Å². The van der Waals surface area contributed by atoms with E-state index < -0.39 is 0 Å². The normalized spacial score (nSPS) is 16.5. The fourth-order valence-electron chi connectivity index (χ4n) is 2.93. The lowest BCUT2D eigenvalue weighted by molar-refractivity contribution is 0.114. The van der Waals surface area contributed by atoms with Crippen LogP contribution in [0.5, 0.6) is 5.75 Å². The maximum atomic E-state index is 6.20. The largest absolute Gasteiger partial charge is 0.495 e. The summed E-state index contributed by atoms with van der Waals surface area (Å²) in [4.78, 5) is 4.68. The lowest BCUT2D eigenvalue weighted by Gasteiger charge is -2.15. The van der Waals surface area contributed by atoms with Gasteiger partial charge >= 0.3 is 0 Å². The molecule has 0 radical (unpaired) electrons. The van der Waals surface area contributed by atoms with E-state index in [9.17, 15) is 0 Å². The van der Waals surface area contributed by atoms with Crippen LogP contribution < -0.4 is 15.4 Å². The minimum atomic E-state index is 0. The Bertz CT molecular complexity index is 734. The van der Waals surface area contributed by atoms with Crippen LogP contribution in [0.15, 0.2) is 46.0 Å².